The molecule has 0 spiro atoms. The molecular weight excluding hydrogens is 148 g/mol. The molecule has 1 aromatic heterocycles. The zero-order valence-electron chi connectivity index (χ0n) is 7.33. The number of aromatic nitrogens is 2. The van der Waals surface area contributed by atoms with E-state index in [4.69, 9.17) is 0 Å². The van der Waals surface area contributed by atoms with E-state index in [-0.39, 0.29) is 0 Å². The Morgan fingerprint density at radius 3 is 3.08 bits per heavy atom. The summed E-state index contributed by atoms with van der Waals surface area (Å²) in [5.74, 6) is 1.13. The second kappa shape index (κ2) is 2.63. The van der Waals surface area contributed by atoms with Gasteiger partial charge in [0.1, 0.15) is 5.82 Å². The summed E-state index contributed by atoms with van der Waals surface area (Å²) in [7, 11) is 2.05. The molecule has 0 unspecified atom stereocenters. The molecule has 0 amide bonds. The Morgan fingerprint density at radius 2 is 2.42 bits per heavy atom. The Kier molecular flexibility index (Phi) is 1.61. The van der Waals surface area contributed by atoms with Gasteiger partial charge in [-0.3, -0.25) is 0 Å². The summed E-state index contributed by atoms with van der Waals surface area (Å²) in [6, 6.07) is 8.91. The molecule has 12 heavy (non-hydrogen) atoms. The van der Waals surface area contributed by atoms with Crippen LogP contribution in [0.3, 0.4) is 0 Å². The van der Waals surface area contributed by atoms with Crippen LogP contribution in [0.4, 0.5) is 0 Å². The van der Waals surface area contributed by atoms with E-state index in [9.17, 15) is 0 Å². The van der Waals surface area contributed by atoms with E-state index < -0.39 is 0 Å². The normalized spacial score (nSPS) is 10.8. The predicted octanol–water partition coefficient (Wildman–Crippen LogP) is 1.94. The Morgan fingerprint density at radius 1 is 1.58 bits per heavy atom. The van der Waals surface area contributed by atoms with Crippen LogP contribution in [0.5, 0.6) is 0 Å². The van der Waals surface area contributed by atoms with Crippen LogP contribution in [-0.2, 0) is 13.5 Å². The molecular formula is C10H11N2. The van der Waals surface area contributed by atoms with Gasteiger partial charge in [-0.15, -0.1) is 0 Å². The molecule has 0 aliphatic carbocycles. The van der Waals surface area contributed by atoms with Crippen molar-refractivity contribution in [2.24, 2.45) is 7.05 Å². The largest absolute Gasteiger partial charge is 0.331 e. The molecule has 0 atom stereocenters. The lowest BCUT2D eigenvalue weighted by Gasteiger charge is -1.96. The van der Waals surface area contributed by atoms with E-state index in [0.717, 1.165) is 17.8 Å². The molecule has 0 saturated carbocycles. The highest BCUT2D eigenvalue weighted by molar-refractivity contribution is 5.75. The summed E-state index contributed by atoms with van der Waals surface area (Å²) in [4.78, 5) is 4.46. The van der Waals surface area contributed by atoms with Gasteiger partial charge in [0.05, 0.1) is 11.0 Å². The Bertz CT molecular complexity index is 401. The van der Waals surface area contributed by atoms with Crippen molar-refractivity contribution in [3.63, 3.8) is 0 Å². The van der Waals surface area contributed by atoms with Gasteiger partial charge in [0.15, 0.2) is 0 Å². The van der Waals surface area contributed by atoms with Gasteiger partial charge < -0.3 is 4.57 Å². The standard InChI is InChI=1S/C10H11N2/c1-3-10-11-8-6-4-5-7-9(8)12(10)2/h5-7H,3H2,1-2H3. The maximum Gasteiger partial charge on any atom is 0.109 e. The number of fused-ring (bicyclic) bond motifs is 1. The first-order chi connectivity index (χ1) is 5.83. The maximum absolute atomic E-state index is 4.46. The van der Waals surface area contributed by atoms with Crippen LogP contribution in [0.25, 0.3) is 11.0 Å². The van der Waals surface area contributed by atoms with Crippen molar-refractivity contribution in [1.29, 1.82) is 0 Å². The molecule has 61 valence electrons. The third-order valence-electron chi connectivity index (χ3n) is 2.13. The molecule has 1 heterocycles. The van der Waals surface area contributed by atoms with Gasteiger partial charge in [-0.2, -0.15) is 0 Å². The molecule has 2 nitrogen and oxygen atoms in total. The van der Waals surface area contributed by atoms with Crippen LogP contribution in [0.15, 0.2) is 18.2 Å². The fourth-order valence-corrected chi connectivity index (χ4v) is 1.46. The first-order valence-corrected chi connectivity index (χ1v) is 4.14. The fourth-order valence-electron chi connectivity index (χ4n) is 1.46. The zero-order chi connectivity index (χ0) is 8.55. The summed E-state index contributed by atoms with van der Waals surface area (Å²) in [5, 5.41) is 0. The first kappa shape index (κ1) is 7.35. The minimum Gasteiger partial charge on any atom is -0.331 e. The lowest BCUT2D eigenvalue weighted by Crippen LogP contribution is -1.94. The van der Waals surface area contributed by atoms with Crippen molar-refractivity contribution in [2.45, 2.75) is 13.3 Å². The van der Waals surface area contributed by atoms with Crippen LogP contribution in [-0.4, -0.2) is 9.55 Å². The van der Waals surface area contributed by atoms with Gasteiger partial charge in [-0.25, -0.2) is 4.98 Å². The van der Waals surface area contributed by atoms with Crippen LogP contribution in [0.1, 0.15) is 12.7 Å². The third kappa shape index (κ3) is 0.916. The van der Waals surface area contributed by atoms with E-state index in [1.54, 1.807) is 0 Å². The molecule has 0 saturated heterocycles. The van der Waals surface area contributed by atoms with Crippen molar-refractivity contribution < 1.29 is 0 Å². The number of hydrogen-bond acceptors (Lipinski definition) is 1. The highest BCUT2D eigenvalue weighted by Gasteiger charge is 2.03. The van der Waals surface area contributed by atoms with E-state index >= 15 is 0 Å². The van der Waals surface area contributed by atoms with Crippen LogP contribution in [0, 0.1) is 6.07 Å². The van der Waals surface area contributed by atoms with Crippen molar-refractivity contribution in [1.82, 2.24) is 9.55 Å². The van der Waals surface area contributed by atoms with Gasteiger partial charge >= 0.3 is 0 Å². The van der Waals surface area contributed by atoms with E-state index in [1.165, 1.54) is 5.52 Å². The Labute approximate surface area is 71.8 Å². The second-order valence-corrected chi connectivity index (χ2v) is 2.86. The van der Waals surface area contributed by atoms with Crippen molar-refractivity contribution in [2.75, 3.05) is 0 Å². The van der Waals surface area contributed by atoms with Crippen molar-refractivity contribution in [3.8, 4) is 0 Å². The maximum atomic E-state index is 4.46. The van der Waals surface area contributed by atoms with E-state index in [2.05, 4.69) is 22.5 Å². The Balaban J connectivity index is 2.78. The molecule has 2 aromatic rings. The number of nitrogens with zero attached hydrogens (tertiary/aromatic N) is 2. The van der Waals surface area contributed by atoms with Crippen LogP contribution < -0.4 is 0 Å². The third-order valence-corrected chi connectivity index (χ3v) is 2.13. The fraction of sp³-hybridized carbons (Fsp3) is 0.300. The monoisotopic (exact) mass is 159 g/mol. The number of benzene rings is 1. The SMILES string of the molecule is CCc1nc2c[c]ccc2n1C. The molecule has 2 heteroatoms. The topological polar surface area (TPSA) is 17.8 Å². The summed E-state index contributed by atoms with van der Waals surface area (Å²) >= 11 is 0. The lowest BCUT2D eigenvalue weighted by atomic mass is 10.3. The molecule has 0 N–H and O–H groups in total. The molecule has 0 bridgehead atoms. The molecule has 0 fully saturated rings. The minimum absolute atomic E-state index is 0.977. The molecule has 0 aliphatic rings. The van der Waals surface area contributed by atoms with Gasteiger partial charge in [0.2, 0.25) is 0 Å². The van der Waals surface area contributed by atoms with Gasteiger partial charge in [0, 0.05) is 13.5 Å². The van der Waals surface area contributed by atoms with Crippen molar-refractivity contribution in [3.05, 3.63) is 30.1 Å². The second-order valence-electron chi connectivity index (χ2n) is 2.86. The average molecular weight is 159 g/mol. The smallest absolute Gasteiger partial charge is 0.109 e. The van der Waals surface area contributed by atoms with Crippen LogP contribution >= 0.6 is 0 Å². The van der Waals surface area contributed by atoms with Gasteiger partial charge in [-0.05, 0) is 18.2 Å². The Hall–Kier alpha value is -1.31. The lowest BCUT2D eigenvalue weighted by molar-refractivity contribution is 0.829. The van der Waals surface area contributed by atoms with E-state index in [0.29, 0.717) is 0 Å². The highest BCUT2D eigenvalue weighted by Crippen LogP contribution is 2.13. The number of rotatable bonds is 1. The van der Waals surface area contributed by atoms with E-state index in [1.807, 2.05) is 25.2 Å². The molecule has 2 rings (SSSR count). The number of imidazole rings is 1. The summed E-state index contributed by atoms with van der Waals surface area (Å²) in [5.41, 5.74) is 2.22. The molecule has 1 aromatic carbocycles. The van der Waals surface area contributed by atoms with Gasteiger partial charge in [-0.1, -0.05) is 13.0 Å². The summed E-state index contributed by atoms with van der Waals surface area (Å²) < 4.78 is 2.13. The highest BCUT2D eigenvalue weighted by atomic mass is 15.1. The summed E-state index contributed by atoms with van der Waals surface area (Å²) in [6.45, 7) is 2.12. The number of aryl methyl sites for hydroxylation is 2. The van der Waals surface area contributed by atoms with Crippen molar-refractivity contribution >= 4 is 11.0 Å². The first-order valence-electron chi connectivity index (χ1n) is 4.14. The molecule has 1 radical (unpaired) electrons. The average Bonchev–Trinajstić information content (AvgIpc) is 2.44. The van der Waals surface area contributed by atoms with Gasteiger partial charge in [0.25, 0.3) is 0 Å². The van der Waals surface area contributed by atoms with Crippen LogP contribution in [0.2, 0.25) is 0 Å². The molecule has 0 aliphatic heterocycles. The summed E-state index contributed by atoms with van der Waals surface area (Å²) in [6.07, 6.45) is 0.977. The quantitative estimate of drug-likeness (QED) is 0.621. The number of hydrogen-bond donors (Lipinski definition) is 0. The minimum atomic E-state index is 0.977. The predicted molar refractivity (Wildman–Crippen MR) is 48.9 cm³/mol. The zero-order valence-corrected chi connectivity index (χ0v) is 7.33.